The van der Waals surface area contributed by atoms with E-state index in [-0.39, 0.29) is 16.9 Å². The summed E-state index contributed by atoms with van der Waals surface area (Å²) in [5, 5.41) is 8.56. The van der Waals surface area contributed by atoms with E-state index in [0.29, 0.717) is 16.9 Å². The summed E-state index contributed by atoms with van der Waals surface area (Å²) in [7, 11) is 1.60. The Bertz CT molecular complexity index is 1140. The van der Waals surface area contributed by atoms with Gasteiger partial charge in [-0.05, 0) is 79.3 Å². The summed E-state index contributed by atoms with van der Waals surface area (Å²) in [4.78, 5) is 24.4. The highest BCUT2D eigenvalue weighted by atomic mass is 32.1. The molecule has 0 atom stereocenters. The molecule has 0 unspecified atom stereocenters. The summed E-state index contributed by atoms with van der Waals surface area (Å²) < 4.78 is 5.11. The largest absolute Gasteiger partial charge is 0.497 e. The van der Waals surface area contributed by atoms with Crippen molar-refractivity contribution in [1.82, 2.24) is 5.32 Å². The van der Waals surface area contributed by atoms with Crippen LogP contribution in [-0.2, 0) is 4.79 Å². The van der Waals surface area contributed by atoms with Crippen LogP contribution in [0.4, 0.5) is 11.4 Å². The third kappa shape index (κ3) is 6.78. The first-order valence-electron chi connectivity index (χ1n) is 9.85. The van der Waals surface area contributed by atoms with Crippen molar-refractivity contribution >= 4 is 46.6 Å². The smallest absolute Gasteiger partial charge is 0.255 e. The Morgan fingerprint density at radius 3 is 2.19 bits per heavy atom. The molecule has 0 bridgehead atoms. The monoisotopic (exact) mass is 445 g/mol. The van der Waals surface area contributed by atoms with Gasteiger partial charge >= 0.3 is 0 Å². The van der Waals surface area contributed by atoms with Crippen LogP contribution in [0.5, 0.6) is 5.75 Å². The van der Waals surface area contributed by atoms with Crippen molar-refractivity contribution in [2.24, 2.45) is 0 Å². The van der Waals surface area contributed by atoms with Crippen LogP contribution >= 0.6 is 12.2 Å². The predicted molar refractivity (Wildman–Crippen MR) is 132 cm³/mol. The molecule has 0 heterocycles. The summed E-state index contributed by atoms with van der Waals surface area (Å²) in [5.74, 6) is 0.221. The number of amides is 2. The number of carbonyl (C=O) groups is 2. The number of hydrogen-bond donors (Lipinski definition) is 3. The Morgan fingerprint density at radius 2 is 1.56 bits per heavy atom. The second-order valence-corrected chi connectivity index (χ2v) is 7.36. The molecular formula is C25H23N3O3S. The Kier molecular flexibility index (Phi) is 7.72. The summed E-state index contributed by atoms with van der Waals surface area (Å²) in [5.41, 5.74) is 3.82. The number of thiocarbonyl (C=S) groups is 1. The first-order chi connectivity index (χ1) is 15.4. The van der Waals surface area contributed by atoms with E-state index in [2.05, 4.69) is 16.0 Å². The molecule has 32 heavy (non-hydrogen) atoms. The van der Waals surface area contributed by atoms with Crippen molar-refractivity contribution in [3.05, 3.63) is 95.6 Å². The fourth-order valence-corrected chi connectivity index (χ4v) is 3.05. The van der Waals surface area contributed by atoms with E-state index in [1.807, 2.05) is 49.4 Å². The fourth-order valence-electron chi connectivity index (χ4n) is 2.83. The van der Waals surface area contributed by atoms with E-state index in [0.717, 1.165) is 16.9 Å². The van der Waals surface area contributed by atoms with Gasteiger partial charge in [0.05, 0.1) is 7.11 Å². The zero-order valence-corrected chi connectivity index (χ0v) is 18.5. The summed E-state index contributed by atoms with van der Waals surface area (Å²) in [6, 6.07) is 21.7. The lowest BCUT2D eigenvalue weighted by atomic mass is 10.1. The SMILES string of the molecule is COc1ccc(/C=C/C(=O)NC(=S)Nc2ccc(NC(=O)c3cccc(C)c3)cc2)cc1. The second kappa shape index (κ2) is 10.9. The third-order valence-corrected chi connectivity index (χ3v) is 4.66. The minimum absolute atomic E-state index is 0.172. The van der Waals surface area contributed by atoms with Gasteiger partial charge in [0.15, 0.2) is 5.11 Å². The number of carbonyl (C=O) groups excluding carboxylic acids is 2. The Hall–Kier alpha value is -3.97. The topological polar surface area (TPSA) is 79.5 Å². The van der Waals surface area contributed by atoms with Crippen molar-refractivity contribution in [3.63, 3.8) is 0 Å². The maximum absolute atomic E-state index is 12.3. The standard InChI is InChI=1S/C25H23N3O3S/c1-17-4-3-5-19(16-17)24(30)26-20-9-11-21(12-10-20)27-25(32)28-23(29)15-8-18-6-13-22(31-2)14-7-18/h3-16H,1-2H3,(H,26,30)(H2,27,28,29,32)/b15-8+. The Balaban J connectivity index is 1.49. The first-order valence-corrected chi connectivity index (χ1v) is 10.3. The number of nitrogens with one attached hydrogen (secondary N) is 3. The summed E-state index contributed by atoms with van der Waals surface area (Å²) in [6.07, 6.45) is 3.09. The van der Waals surface area contributed by atoms with Gasteiger partial charge in [0.2, 0.25) is 5.91 Å². The number of hydrogen-bond acceptors (Lipinski definition) is 4. The maximum Gasteiger partial charge on any atom is 0.255 e. The van der Waals surface area contributed by atoms with Gasteiger partial charge < -0.3 is 15.4 Å². The zero-order valence-electron chi connectivity index (χ0n) is 17.7. The van der Waals surface area contributed by atoms with E-state index >= 15 is 0 Å². The summed E-state index contributed by atoms with van der Waals surface area (Å²) in [6.45, 7) is 1.94. The predicted octanol–water partition coefficient (Wildman–Crippen LogP) is 4.78. The molecule has 3 N–H and O–H groups in total. The van der Waals surface area contributed by atoms with Crippen molar-refractivity contribution in [2.75, 3.05) is 17.7 Å². The minimum Gasteiger partial charge on any atom is -0.497 e. The average Bonchev–Trinajstić information content (AvgIpc) is 2.79. The number of methoxy groups -OCH3 is 1. The average molecular weight is 446 g/mol. The van der Waals surface area contributed by atoms with Crippen LogP contribution in [0.1, 0.15) is 21.5 Å². The molecule has 0 fully saturated rings. The molecule has 3 aromatic carbocycles. The Morgan fingerprint density at radius 1 is 0.906 bits per heavy atom. The van der Waals surface area contributed by atoms with Crippen molar-refractivity contribution in [1.29, 1.82) is 0 Å². The van der Waals surface area contributed by atoms with Gasteiger partial charge in [0.1, 0.15) is 5.75 Å². The molecule has 0 saturated carbocycles. The quantitative estimate of drug-likeness (QED) is 0.376. The number of rotatable bonds is 6. The Labute approximate surface area is 192 Å². The second-order valence-electron chi connectivity index (χ2n) is 6.95. The van der Waals surface area contributed by atoms with Gasteiger partial charge in [-0.15, -0.1) is 0 Å². The molecule has 0 aromatic heterocycles. The van der Waals surface area contributed by atoms with Gasteiger partial charge in [-0.1, -0.05) is 29.8 Å². The molecule has 0 aliphatic carbocycles. The third-order valence-electron chi connectivity index (χ3n) is 4.46. The highest BCUT2D eigenvalue weighted by Crippen LogP contribution is 2.15. The molecule has 0 spiro atoms. The van der Waals surface area contributed by atoms with Crippen LogP contribution in [-0.4, -0.2) is 24.0 Å². The molecular weight excluding hydrogens is 422 g/mol. The van der Waals surface area contributed by atoms with Crippen molar-refractivity contribution < 1.29 is 14.3 Å². The van der Waals surface area contributed by atoms with Gasteiger partial charge in [-0.2, -0.15) is 0 Å². The normalized spacial score (nSPS) is 10.4. The van der Waals surface area contributed by atoms with E-state index in [1.54, 1.807) is 43.5 Å². The highest BCUT2D eigenvalue weighted by molar-refractivity contribution is 7.80. The number of ether oxygens (including phenoxy) is 1. The van der Waals surface area contributed by atoms with E-state index in [4.69, 9.17) is 17.0 Å². The number of anilines is 2. The highest BCUT2D eigenvalue weighted by Gasteiger charge is 2.07. The van der Waals surface area contributed by atoms with Crippen LogP contribution in [0.3, 0.4) is 0 Å². The van der Waals surface area contributed by atoms with Crippen LogP contribution in [0.2, 0.25) is 0 Å². The van der Waals surface area contributed by atoms with Crippen molar-refractivity contribution in [2.45, 2.75) is 6.92 Å². The molecule has 0 radical (unpaired) electrons. The molecule has 162 valence electrons. The van der Waals surface area contributed by atoms with E-state index in [1.165, 1.54) is 6.08 Å². The molecule has 6 nitrogen and oxygen atoms in total. The van der Waals surface area contributed by atoms with Crippen LogP contribution in [0.25, 0.3) is 6.08 Å². The first kappa shape index (κ1) is 22.7. The van der Waals surface area contributed by atoms with E-state index < -0.39 is 0 Å². The molecule has 0 aliphatic heterocycles. The lowest BCUT2D eigenvalue weighted by Crippen LogP contribution is -2.32. The minimum atomic E-state index is -0.347. The van der Waals surface area contributed by atoms with Gasteiger partial charge in [0.25, 0.3) is 5.91 Å². The zero-order chi connectivity index (χ0) is 22.9. The maximum atomic E-state index is 12.3. The molecule has 3 rings (SSSR count). The van der Waals surface area contributed by atoms with Crippen LogP contribution in [0.15, 0.2) is 78.9 Å². The fraction of sp³-hybridized carbons (Fsp3) is 0.0800. The summed E-state index contributed by atoms with van der Waals surface area (Å²) >= 11 is 5.19. The molecule has 3 aromatic rings. The molecule has 7 heteroatoms. The van der Waals surface area contributed by atoms with E-state index in [9.17, 15) is 9.59 Å². The number of aryl methyl sites for hydroxylation is 1. The number of benzene rings is 3. The lowest BCUT2D eigenvalue weighted by Gasteiger charge is -2.10. The molecule has 0 aliphatic rings. The molecule has 0 saturated heterocycles. The van der Waals surface area contributed by atoms with Crippen LogP contribution < -0.4 is 20.7 Å². The van der Waals surface area contributed by atoms with Crippen LogP contribution in [0, 0.1) is 6.92 Å². The lowest BCUT2D eigenvalue weighted by molar-refractivity contribution is -0.115. The molecule has 2 amide bonds. The van der Waals surface area contributed by atoms with Gasteiger partial charge in [-0.25, -0.2) is 0 Å². The van der Waals surface area contributed by atoms with Crippen molar-refractivity contribution in [3.8, 4) is 5.75 Å². The van der Waals surface area contributed by atoms with Gasteiger partial charge in [0, 0.05) is 23.0 Å². The van der Waals surface area contributed by atoms with Gasteiger partial charge in [-0.3, -0.25) is 14.9 Å².